The Morgan fingerprint density at radius 3 is 2.47 bits per heavy atom. The number of nitrogens with zero attached hydrogens (tertiary/aromatic N) is 2. The number of hydrogen-bond donors (Lipinski definition) is 5. The van der Waals surface area contributed by atoms with E-state index in [-0.39, 0.29) is 70.6 Å². The minimum absolute atomic E-state index is 0.0664. The second kappa shape index (κ2) is 20.6. The topological polar surface area (TPSA) is 239 Å². The normalized spacial score (nSPS) is 34.3. The molecule has 3 aromatic rings. The van der Waals surface area contributed by atoms with Crippen LogP contribution >= 0.6 is 11.6 Å². The highest BCUT2D eigenvalue weighted by Gasteiger charge is 2.70. The Bertz CT molecular complexity index is 2840. The number of benzene rings is 2. The molecule has 0 saturated carbocycles. The standard InChI is InChI=1S/C53H60ClN3O16/c1-25(2)67-38-18-29-17-35(58)33(21-32(29)45(64-8)46(38)65-9)50(61)56-34-20-31-15-16-37(49(54)55-31)70-39-19-30-14-13-28(40(24-66-51(34)62)71-42-22-36(59)44(57(6)7)26(3)68-42)11-10-12-41-53(30,73-41)48(39)72-43-23-52(5,63)47(60)27(4)69-43/h11,15-19,21,25-27,34,36,39-44,47-48,58-60,63H,20,22-24H2,1-9H3,(H,56,61)/b28-11+/t26-,27-,34?,36-,39-,40?,41-,42-,43-,44+,47-,48+,52+,53+/m0/s1. The van der Waals surface area contributed by atoms with Crippen LogP contribution in [-0.2, 0) is 39.6 Å². The predicted molar refractivity (Wildman–Crippen MR) is 261 cm³/mol. The molecular formula is C53H60ClN3O16. The number of ether oxygens (including phenoxy) is 10. The summed E-state index contributed by atoms with van der Waals surface area (Å²) < 4.78 is 61.9. The Labute approximate surface area is 427 Å². The lowest BCUT2D eigenvalue weighted by Crippen LogP contribution is -2.57. The molecule has 5 bridgehead atoms. The lowest BCUT2D eigenvalue weighted by Gasteiger charge is -2.43. The van der Waals surface area contributed by atoms with E-state index in [0.717, 1.165) is 0 Å². The molecule has 2 aromatic carbocycles. The van der Waals surface area contributed by atoms with Crippen LogP contribution in [0.1, 0.15) is 63.5 Å². The zero-order valence-corrected chi connectivity index (χ0v) is 42.6. The minimum atomic E-state index is -1.55. The molecule has 0 radical (unpaired) electrons. The Morgan fingerprint density at radius 1 is 1.03 bits per heavy atom. The summed E-state index contributed by atoms with van der Waals surface area (Å²) in [7, 11) is 6.58. The fourth-order valence-corrected chi connectivity index (χ4v) is 10.5. The number of aliphatic hydroxyl groups excluding tert-OH is 2. The molecule has 390 valence electrons. The van der Waals surface area contributed by atoms with Crippen molar-refractivity contribution >= 4 is 34.2 Å². The average Bonchev–Trinajstić information content (AvgIpc) is 3.95. The smallest absolute Gasteiger partial charge is 0.329 e. The number of rotatable bonds is 11. The van der Waals surface area contributed by atoms with Gasteiger partial charge in [-0.15, -0.1) is 0 Å². The van der Waals surface area contributed by atoms with Crippen LogP contribution in [0.5, 0.6) is 28.7 Å². The summed E-state index contributed by atoms with van der Waals surface area (Å²) in [6.07, 6.45) is -6.35. The number of nitrogens with one attached hydrogen (secondary N) is 1. The van der Waals surface area contributed by atoms with Gasteiger partial charge in [0.2, 0.25) is 5.75 Å². The number of aromatic hydroxyl groups is 1. The maximum absolute atomic E-state index is 14.5. The summed E-state index contributed by atoms with van der Waals surface area (Å²) in [5, 5.41) is 48.0. The summed E-state index contributed by atoms with van der Waals surface area (Å²) in [6, 6.07) is 5.81. The van der Waals surface area contributed by atoms with Crippen LogP contribution in [0.15, 0.2) is 53.6 Å². The van der Waals surface area contributed by atoms with Gasteiger partial charge in [-0.1, -0.05) is 35.3 Å². The first-order valence-corrected chi connectivity index (χ1v) is 24.5. The highest BCUT2D eigenvalue weighted by molar-refractivity contribution is 6.30. The van der Waals surface area contributed by atoms with E-state index in [4.69, 9.17) is 59.0 Å². The number of hydrogen-bond acceptors (Lipinski definition) is 18. The number of phenolic OH excluding ortho intramolecular Hbond substituents is 1. The van der Waals surface area contributed by atoms with Gasteiger partial charge in [0.25, 0.3) is 5.91 Å². The van der Waals surface area contributed by atoms with Gasteiger partial charge in [-0.2, -0.15) is 0 Å². The van der Waals surface area contributed by atoms with Crippen molar-refractivity contribution in [1.29, 1.82) is 0 Å². The number of likely N-dealkylation sites (N-methyl/N-ethyl adjacent to an activating group) is 1. The van der Waals surface area contributed by atoms with Crippen molar-refractivity contribution in [2.24, 2.45) is 0 Å². The van der Waals surface area contributed by atoms with E-state index < -0.39 is 103 Å². The van der Waals surface area contributed by atoms with Gasteiger partial charge in [0.05, 0.1) is 55.8 Å². The summed E-state index contributed by atoms with van der Waals surface area (Å²) in [6.45, 7) is 8.20. The molecule has 7 aliphatic rings. The van der Waals surface area contributed by atoms with Crippen molar-refractivity contribution in [2.45, 2.75) is 145 Å². The maximum Gasteiger partial charge on any atom is 0.329 e. The summed E-state index contributed by atoms with van der Waals surface area (Å²) >= 11 is 6.86. The Morgan fingerprint density at radius 2 is 1.78 bits per heavy atom. The van der Waals surface area contributed by atoms with E-state index in [1.54, 1.807) is 31.2 Å². The highest BCUT2D eigenvalue weighted by atomic mass is 35.5. The maximum atomic E-state index is 14.5. The van der Waals surface area contributed by atoms with E-state index in [1.165, 1.54) is 39.4 Å². The Kier molecular flexibility index (Phi) is 14.7. The number of amides is 1. The van der Waals surface area contributed by atoms with E-state index >= 15 is 0 Å². The molecule has 14 atom stereocenters. The minimum Gasteiger partial charge on any atom is -0.507 e. The highest BCUT2D eigenvalue weighted by Crippen LogP contribution is 2.54. The molecule has 19 nitrogen and oxygen atoms in total. The van der Waals surface area contributed by atoms with Crippen molar-refractivity contribution in [3.05, 3.63) is 70.0 Å². The van der Waals surface area contributed by atoms with Crippen LogP contribution in [0.25, 0.3) is 10.8 Å². The molecule has 3 saturated heterocycles. The first-order chi connectivity index (χ1) is 34.7. The fraction of sp³-hybridized carbons (Fsp3) is 0.528. The number of phenols is 1. The Balaban J connectivity index is 1.09. The zero-order valence-electron chi connectivity index (χ0n) is 41.8. The molecule has 5 aliphatic heterocycles. The van der Waals surface area contributed by atoms with Crippen molar-refractivity contribution in [1.82, 2.24) is 15.2 Å². The van der Waals surface area contributed by atoms with Gasteiger partial charge in [0, 0.05) is 47.6 Å². The number of halogens is 1. The van der Waals surface area contributed by atoms with Crippen molar-refractivity contribution in [3.8, 4) is 52.4 Å². The summed E-state index contributed by atoms with van der Waals surface area (Å²) in [5.41, 5.74) is -2.05. The van der Waals surface area contributed by atoms with Crippen LogP contribution in [0.3, 0.4) is 0 Å². The zero-order chi connectivity index (χ0) is 52.3. The number of aromatic nitrogens is 1. The average molecular weight is 1030 g/mol. The Hall–Kier alpha value is -5.68. The van der Waals surface area contributed by atoms with E-state index in [2.05, 4.69) is 34.0 Å². The van der Waals surface area contributed by atoms with Gasteiger partial charge in [-0.3, -0.25) is 4.79 Å². The number of allylic oxidation sites excluding steroid dienone is 1. The summed E-state index contributed by atoms with van der Waals surface area (Å²) in [5.74, 6) is 11.4. The molecule has 3 fully saturated rings. The number of pyridine rings is 1. The van der Waals surface area contributed by atoms with Gasteiger partial charge >= 0.3 is 5.97 Å². The molecule has 10 rings (SSSR count). The van der Waals surface area contributed by atoms with Gasteiger partial charge < -0.3 is 78.0 Å². The lowest BCUT2D eigenvalue weighted by molar-refractivity contribution is -0.290. The second-order valence-corrected chi connectivity index (χ2v) is 20.1. The molecule has 20 heteroatoms. The van der Waals surface area contributed by atoms with Gasteiger partial charge in [-0.25, -0.2) is 9.78 Å². The number of carbonyl (C=O) groups is 2. The van der Waals surface area contributed by atoms with Crippen LogP contribution in [0.4, 0.5) is 0 Å². The van der Waals surface area contributed by atoms with Gasteiger partial charge in [-0.05, 0) is 90.5 Å². The molecule has 2 unspecified atom stereocenters. The summed E-state index contributed by atoms with van der Waals surface area (Å²) in [4.78, 5) is 35.3. The van der Waals surface area contributed by atoms with E-state index in [0.29, 0.717) is 22.1 Å². The van der Waals surface area contributed by atoms with Crippen molar-refractivity contribution in [2.75, 3.05) is 34.9 Å². The molecule has 2 aliphatic carbocycles. The first-order valence-electron chi connectivity index (χ1n) is 24.1. The quantitative estimate of drug-likeness (QED) is 0.0800. The van der Waals surface area contributed by atoms with Gasteiger partial charge in [0.15, 0.2) is 46.7 Å². The van der Waals surface area contributed by atoms with Crippen LogP contribution in [0.2, 0.25) is 5.15 Å². The second-order valence-electron chi connectivity index (χ2n) is 19.7. The number of esters is 1. The third-order valence-corrected chi connectivity index (χ3v) is 14.1. The van der Waals surface area contributed by atoms with E-state index in [9.17, 15) is 30.0 Å². The molecular weight excluding hydrogens is 970 g/mol. The third-order valence-electron chi connectivity index (χ3n) is 13.8. The van der Waals surface area contributed by atoms with E-state index in [1.807, 2.05) is 39.8 Å². The number of carbonyl (C=O) groups excluding carboxylic acids is 2. The predicted octanol–water partition coefficient (Wildman–Crippen LogP) is 3.51. The third kappa shape index (κ3) is 10.3. The fourth-order valence-electron chi connectivity index (χ4n) is 10.3. The van der Waals surface area contributed by atoms with Crippen LogP contribution in [-0.4, -0.2) is 168 Å². The van der Waals surface area contributed by atoms with Crippen LogP contribution < -0.4 is 24.3 Å². The molecule has 1 aromatic heterocycles. The largest absolute Gasteiger partial charge is 0.507 e. The number of aliphatic hydroxyl groups is 3. The molecule has 73 heavy (non-hydrogen) atoms. The van der Waals surface area contributed by atoms with Crippen molar-refractivity contribution in [3.63, 3.8) is 0 Å². The number of epoxide rings is 1. The van der Waals surface area contributed by atoms with Crippen LogP contribution in [0, 0.1) is 23.7 Å². The lowest BCUT2D eigenvalue weighted by atomic mass is 9.88. The van der Waals surface area contributed by atoms with Gasteiger partial charge in [0.1, 0.15) is 42.8 Å². The first kappa shape index (κ1) is 52.2. The molecule has 1 amide bonds. The van der Waals surface area contributed by atoms with Crippen molar-refractivity contribution < 1.29 is 77.4 Å². The monoisotopic (exact) mass is 1030 g/mol. The molecule has 6 heterocycles. The molecule has 1 spiro atoms. The SMILES string of the molecule is COc1c(OC(C)C)cc2cc(O)c(C(=O)NC3Cc4ccc(c(Cl)n4)O[C@H]4C=C5C#C/C(=C\C#C[C@@H]6O[C@]56[C@@H]4O[C@H]4C[C@@](C)(O)[C@@H](O)[C@H](C)O4)C(O[C@H]4C[C@H](O)[C@H](N(C)C)[C@H](C)O4)COC3=O)cc2c1OC. The molecule has 5 N–H and O–H groups in total. The number of methoxy groups -OCH3 is 2. The number of fused-ring (bicyclic) bond motifs is 8.